The van der Waals surface area contributed by atoms with E-state index in [4.69, 9.17) is 0 Å². The molecule has 0 spiro atoms. The Morgan fingerprint density at radius 1 is 0.538 bits per heavy atom. The molecule has 0 aromatic heterocycles. The Kier molecular flexibility index (Phi) is 8.38. The molecule has 0 saturated carbocycles. The number of fused-ring (bicyclic) bond motifs is 2. The maximum atomic E-state index is 4.31. The van der Waals surface area contributed by atoms with Gasteiger partial charge in [0.25, 0.3) is 0 Å². The third kappa shape index (κ3) is 5.81. The zero-order chi connectivity index (χ0) is 36.2. The molecule has 6 aromatic carbocycles. The molecule has 0 N–H and O–H groups in total. The van der Waals surface area contributed by atoms with E-state index in [1.54, 1.807) is 0 Å². The summed E-state index contributed by atoms with van der Waals surface area (Å²) in [6.07, 6.45) is 6.49. The summed E-state index contributed by atoms with van der Waals surface area (Å²) in [4.78, 5) is 0. The van der Waals surface area contributed by atoms with Crippen molar-refractivity contribution in [1.82, 2.24) is 0 Å². The molecule has 0 amide bonds. The fourth-order valence-corrected chi connectivity index (χ4v) is 8.76. The van der Waals surface area contributed by atoms with Crippen molar-refractivity contribution in [3.05, 3.63) is 208 Å². The van der Waals surface area contributed by atoms with Crippen molar-refractivity contribution in [2.24, 2.45) is 0 Å². The first-order valence-electron chi connectivity index (χ1n) is 18.7. The topological polar surface area (TPSA) is 0 Å². The van der Waals surface area contributed by atoms with Crippen LogP contribution in [0.15, 0.2) is 163 Å². The van der Waals surface area contributed by atoms with Crippen molar-refractivity contribution in [2.75, 3.05) is 0 Å². The minimum Gasteiger partial charge on any atom is -0.0987 e. The molecule has 0 bridgehead atoms. The van der Waals surface area contributed by atoms with Gasteiger partial charge in [-0.2, -0.15) is 0 Å². The molecule has 8 rings (SSSR count). The smallest absolute Gasteiger partial charge is 0.0158 e. The lowest BCUT2D eigenvalue weighted by Gasteiger charge is -2.24. The summed E-state index contributed by atoms with van der Waals surface area (Å²) >= 11 is 0. The summed E-state index contributed by atoms with van der Waals surface area (Å²) in [6.45, 7) is 18.2. The van der Waals surface area contributed by atoms with Crippen molar-refractivity contribution in [3.63, 3.8) is 0 Å². The van der Waals surface area contributed by atoms with E-state index in [1.807, 2.05) is 0 Å². The normalized spacial score (nSPS) is 16.2. The van der Waals surface area contributed by atoms with Crippen LogP contribution in [0.4, 0.5) is 0 Å². The van der Waals surface area contributed by atoms with Crippen LogP contribution < -0.4 is 0 Å². The molecule has 2 aliphatic carbocycles. The quantitative estimate of drug-likeness (QED) is 0.158. The minimum atomic E-state index is -0.0975. The Balaban J connectivity index is 1.07. The number of benzene rings is 6. The number of hydrogen-bond donors (Lipinski definition) is 0. The molecular formula is C52H48. The van der Waals surface area contributed by atoms with Crippen LogP contribution in [0, 0.1) is 13.8 Å². The summed E-state index contributed by atoms with van der Waals surface area (Å²) in [5.41, 5.74) is 22.5. The lowest BCUT2D eigenvalue weighted by molar-refractivity contribution is 0.643. The largest absolute Gasteiger partial charge is 0.0987 e. The average Bonchev–Trinajstić information content (AvgIpc) is 3.53. The summed E-state index contributed by atoms with van der Waals surface area (Å²) < 4.78 is 0. The number of rotatable bonds is 7. The summed E-state index contributed by atoms with van der Waals surface area (Å²) in [6, 6.07) is 49.6. The molecule has 6 aromatic rings. The van der Waals surface area contributed by atoms with Gasteiger partial charge >= 0.3 is 0 Å². The van der Waals surface area contributed by atoms with E-state index >= 15 is 0 Å². The van der Waals surface area contributed by atoms with Gasteiger partial charge in [0.1, 0.15) is 0 Å². The number of aryl methyl sites for hydroxylation is 2. The molecule has 0 fully saturated rings. The van der Waals surface area contributed by atoms with Crippen LogP contribution in [0.25, 0.3) is 39.0 Å². The van der Waals surface area contributed by atoms with Gasteiger partial charge in [0.05, 0.1) is 0 Å². The summed E-state index contributed by atoms with van der Waals surface area (Å²) in [7, 11) is 0. The zero-order valence-electron chi connectivity index (χ0n) is 31.5. The Bertz CT molecular complexity index is 2410. The SMILES string of the molecule is C=CC1=C(/C=C2\Cc3ccc(Cc4ccc(-c5ccc(C)c(-c6ccccc6C)c5)cc4)cc3C2(C)C)c2cc(-c3ccccc3)ccc2C1(C)C. The predicted octanol–water partition coefficient (Wildman–Crippen LogP) is 13.6. The van der Waals surface area contributed by atoms with E-state index in [0.717, 1.165) is 12.8 Å². The molecule has 0 heteroatoms. The van der Waals surface area contributed by atoms with Gasteiger partial charge in [-0.05, 0) is 128 Å². The number of allylic oxidation sites excluding steroid dienone is 5. The van der Waals surface area contributed by atoms with Crippen molar-refractivity contribution in [3.8, 4) is 33.4 Å². The molecule has 256 valence electrons. The van der Waals surface area contributed by atoms with E-state index < -0.39 is 0 Å². The molecule has 0 unspecified atom stereocenters. The monoisotopic (exact) mass is 672 g/mol. The maximum Gasteiger partial charge on any atom is 0.0158 e. The molecule has 2 aliphatic rings. The molecule has 0 nitrogen and oxygen atoms in total. The van der Waals surface area contributed by atoms with Crippen molar-refractivity contribution in [1.29, 1.82) is 0 Å². The van der Waals surface area contributed by atoms with Crippen LogP contribution in [0.3, 0.4) is 0 Å². The van der Waals surface area contributed by atoms with E-state index in [1.165, 1.54) is 94.6 Å². The molecule has 0 radical (unpaired) electrons. The van der Waals surface area contributed by atoms with Gasteiger partial charge in [-0.15, -0.1) is 0 Å². The van der Waals surface area contributed by atoms with Crippen molar-refractivity contribution in [2.45, 2.75) is 65.2 Å². The maximum absolute atomic E-state index is 4.31. The van der Waals surface area contributed by atoms with E-state index in [2.05, 4.69) is 194 Å². The van der Waals surface area contributed by atoms with Gasteiger partial charge < -0.3 is 0 Å². The number of hydrogen-bond acceptors (Lipinski definition) is 0. The highest BCUT2D eigenvalue weighted by Crippen LogP contribution is 2.51. The van der Waals surface area contributed by atoms with Crippen LogP contribution in [-0.4, -0.2) is 0 Å². The Hall–Kier alpha value is -5.46. The molecule has 0 saturated heterocycles. The lowest BCUT2D eigenvalue weighted by Crippen LogP contribution is -2.16. The van der Waals surface area contributed by atoms with E-state index in [0.29, 0.717) is 0 Å². The lowest BCUT2D eigenvalue weighted by atomic mass is 9.80. The Morgan fingerprint density at radius 3 is 1.88 bits per heavy atom. The second kappa shape index (κ2) is 12.9. The first kappa shape index (κ1) is 33.7. The third-order valence-corrected chi connectivity index (χ3v) is 12.0. The molecule has 52 heavy (non-hydrogen) atoms. The van der Waals surface area contributed by atoms with Crippen LogP contribution in [0.5, 0.6) is 0 Å². The van der Waals surface area contributed by atoms with Crippen LogP contribution in [-0.2, 0) is 23.7 Å². The molecule has 0 atom stereocenters. The van der Waals surface area contributed by atoms with Gasteiger partial charge in [-0.3, -0.25) is 0 Å². The predicted molar refractivity (Wildman–Crippen MR) is 223 cm³/mol. The van der Waals surface area contributed by atoms with Gasteiger partial charge in [-0.1, -0.05) is 173 Å². The highest BCUT2D eigenvalue weighted by Gasteiger charge is 2.39. The van der Waals surface area contributed by atoms with Crippen LogP contribution in [0.2, 0.25) is 0 Å². The van der Waals surface area contributed by atoms with E-state index in [-0.39, 0.29) is 10.8 Å². The minimum absolute atomic E-state index is 0.0708. The first-order chi connectivity index (χ1) is 25.0. The summed E-state index contributed by atoms with van der Waals surface area (Å²) in [5.74, 6) is 0. The van der Waals surface area contributed by atoms with Gasteiger partial charge in [0.15, 0.2) is 0 Å². The second-order valence-electron chi connectivity index (χ2n) is 16.0. The first-order valence-corrected chi connectivity index (χ1v) is 18.7. The highest BCUT2D eigenvalue weighted by molar-refractivity contribution is 5.90. The van der Waals surface area contributed by atoms with Crippen molar-refractivity contribution < 1.29 is 0 Å². The highest BCUT2D eigenvalue weighted by atomic mass is 14.4. The van der Waals surface area contributed by atoms with E-state index in [9.17, 15) is 0 Å². The summed E-state index contributed by atoms with van der Waals surface area (Å²) in [5, 5.41) is 0. The third-order valence-electron chi connectivity index (χ3n) is 12.0. The Morgan fingerprint density at radius 2 is 1.15 bits per heavy atom. The second-order valence-corrected chi connectivity index (χ2v) is 16.0. The van der Waals surface area contributed by atoms with Gasteiger partial charge in [0.2, 0.25) is 0 Å². The van der Waals surface area contributed by atoms with Gasteiger partial charge in [-0.25, -0.2) is 0 Å². The fourth-order valence-electron chi connectivity index (χ4n) is 8.76. The van der Waals surface area contributed by atoms with Crippen LogP contribution >= 0.6 is 0 Å². The Labute approximate surface area is 310 Å². The molecular weight excluding hydrogens is 625 g/mol. The van der Waals surface area contributed by atoms with Crippen LogP contribution in [0.1, 0.15) is 72.2 Å². The average molecular weight is 673 g/mol. The fraction of sp³-hybridized carbons (Fsp3) is 0.192. The standard InChI is InChI=1S/C52H48/c1-8-48-47(46-32-41(38-15-10-9-11-16-38)26-27-49(46)52(48,6)7)33-43-30-42-25-21-37(29-50(42)51(43,4)5)28-36-19-23-39(24-20-36)40-22-18-35(3)45(31-40)44-17-13-12-14-34(44)2/h8-27,29,31-33H,1,28,30H2,2-7H3/b43-33+. The van der Waals surface area contributed by atoms with Crippen molar-refractivity contribution >= 4 is 5.57 Å². The molecule has 0 heterocycles. The van der Waals surface area contributed by atoms with Gasteiger partial charge in [0, 0.05) is 10.8 Å². The zero-order valence-corrected chi connectivity index (χ0v) is 31.5. The molecule has 0 aliphatic heterocycles.